The standard InChI is InChI=1S/C35H56N4O9/c1-22(2)19-24(39-32(45)48-35(9,10)11)29(42)38-26(21-36-27(40)18-17-23-15-13-12-14-16-23)30(43)37-25(31(44)47-34(6,7)8)20-28(41)46-33(3,4)5/h12-16,22,24-26H,17-21H2,1-11H3,(H,36,40)(H,37,43)(H,38,42)(H,39,45)/t24-,25-,26-/m0/s1. The summed E-state index contributed by atoms with van der Waals surface area (Å²) >= 11 is 0. The highest BCUT2D eigenvalue weighted by Crippen LogP contribution is 2.14. The summed E-state index contributed by atoms with van der Waals surface area (Å²) in [5.41, 5.74) is -1.67. The van der Waals surface area contributed by atoms with E-state index in [4.69, 9.17) is 14.2 Å². The second-order valence-electron chi connectivity index (χ2n) is 15.1. The van der Waals surface area contributed by atoms with Crippen LogP contribution < -0.4 is 21.3 Å². The van der Waals surface area contributed by atoms with Crippen LogP contribution in [0.25, 0.3) is 0 Å². The average Bonchev–Trinajstić information content (AvgIpc) is 2.90. The molecule has 270 valence electrons. The van der Waals surface area contributed by atoms with Gasteiger partial charge in [-0.15, -0.1) is 0 Å². The maximum absolute atomic E-state index is 13.7. The summed E-state index contributed by atoms with van der Waals surface area (Å²) in [7, 11) is 0. The predicted molar refractivity (Wildman–Crippen MR) is 181 cm³/mol. The summed E-state index contributed by atoms with van der Waals surface area (Å²) in [6, 6.07) is 5.40. The number of alkyl carbamates (subject to hydrolysis) is 1. The van der Waals surface area contributed by atoms with Crippen molar-refractivity contribution in [3.05, 3.63) is 35.9 Å². The minimum atomic E-state index is -1.47. The molecule has 0 fully saturated rings. The number of hydrogen-bond donors (Lipinski definition) is 4. The van der Waals surface area contributed by atoms with Crippen molar-refractivity contribution in [2.75, 3.05) is 6.54 Å². The van der Waals surface area contributed by atoms with E-state index in [-0.39, 0.29) is 31.2 Å². The monoisotopic (exact) mass is 676 g/mol. The Kier molecular flexibility index (Phi) is 16.0. The molecule has 48 heavy (non-hydrogen) atoms. The maximum atomic E-state index is 13.7. The molecule has 3 atom stereocenters. The van der Waals surface area contributed by atoms with E-state index < -0.39 is 71.2 Å². The number of benzene rings is 1. The molecule has 0 spiro atoms. The topological polar surface area (TPSA) is 178 Å². The Hall–Kier alpha value is -4.16. The summed E-state index contributed by atoms with van der Waals surface area (Å²) < 4.78 is 16.1. The van der Waals surface area contributed by atoms with Crippen LogP contribution in [0.3, 0.4) is 0 Å². The van der Waals surface area contributed by atoms with Crippen molar-refractivity contribution in [1.29, 1.82) is 0 Å². The van der Waals surface area contributed by atoms with Crippen LogP contribution in [0, 0.1) is 5.92 Å². The highest BCUT2D eigenvalue weighted by atomic mass is 16.6. The molecule has 4 amide bonds. The van der Waals surface area contributed by atoms with Crippen LogP contribution in [0.1, 0.15) is 101 Å². The van der Waals surface area contributed by atoms with Crippen molar-refractivity contribution in [2.45, 2.75) is 137 Å². The van der Waals surface area contributed by atoms with Crippen molar-refractivity contribution in [3.8, 4) is 0 Å². The van der Waals surface area contributed by atoms with Crippen LogP contribution in [0.5, 0.6) is 0 Å². The lowest BCUT2D eigenvalue weighted by molar-refractivity contribution is -0.165. The lowest BCUT2D eigenvalue weighted by Gasteiger charge is -2.28. The molecule has 4 N–H and O–H groups in total. The van der Waals surface area contributed by atoms with Gasteiger partial charge in [0.25, 0.3) is 0 Å². The third-order valence-electron chi connectivity index (χ3n) is 6.13. The fourth-order valence-electron chi connectivity index (χ4n) is 4.23. The predicted octanol–water partition coefficient (Wildman–Crippen LogP) is 3.72. The first-order valence-corrected chi connectivity index (χ1v) is 16.3. The second kappa shape index (κ2) is 18.4. The van der Waals surface area contributed by atoms with Gasteiger partial charge in [-0.05, 0) is 86.6 Å². The smallest absolute Gasteiger partial charge is 0.408 e. The number of nitrogens with one attached hydrogen (secondary N) is 4. The molecule has 1 rings (SSSR count). The summed E-state index contributed by atoms with van der Waals surface area (Å²) in [5, 5.41) is 10.3. The van der Waals surface area contributed by atoms with Gasteiger partial charge in [-0.2, -0.15) is 0 Å². The first-order valence-electron chi connectivity index (χ1n) is 16.3. The van der Waals surface area contributed by atoms with Gasteiger partial charge >= 0.3 is 18.0 Å². The van der Waals surface area contributed by atoms with Gasteiger partial charge in [-0.3, -0.25) is 19.2 Å². The van der Waals surface area contributed by atoms with E-state index in [1.54, 1.807) is 62.3 Å². The van der Waals surface area contributed by atoms with Gasteiger partial charge in [-0.1, -0.05) is 44.2 Å². The van der Waals surface area contributed by atoms with Crippen LogP contribution in [-0.4, -0.2) is 77.2 Å². The number of amides is 4. The van der Waals surface area contributed by atoms with Gasteiger partial charge in [-0.25, -0.2) is 9.59 Å². The molecule has 0 bridgehead atoms. The van der Waals surface area contributed by atoms with Gasteiger partial charge in [0, 0.05) is 13.0 Å². The van der Waals surface area contributed by atoms with Gasteiger partial charge in [0.15, 0.2) is 0 Å². The van der Waals surface area contributed by atoms with Crippen molar-refractivity contribution >= 4 is 35.8 Å². The molecule has 0 radical (unpaired) electrons. The normalized spacial score (nSPS) is 13.8. The summed E-state index contributed by atoms with van der Waals surface area (Å²) in [5.74, 6) is -3.64. The third kappa shape index (κ3) is 18.9. The largest absolute Gasteiger partial charge is 0.460 e. The number of rotatable bonds is 15. The van der Waals surface area contributed by atoms with Crippen LogP contribution in [-0.2, 0) is 44.6 Å². The Morgan fingerprint density at radius 3 is 1.71 bits per heavy atom. The van der Waals surface area contributed by atoms with Crippen LogP contribution in [0.15, 0.2) is 30.3 Å². The fourth-order valence-corrected chi connectivity index (χ4v) is 4.23. The molecule has 0 unspecified atom stereocenters. The van der Waals surface area contributed by atoms with E-state index in [0.29, 0.717) is 6.42 Å². The molecule has 0 aliphatic carbocycles. The molecular formula is C35H56N4O9. The van der Waals surface area contributed by atoms with E-state index >= 15 is 0 Å². The zero-order valence-electron chi connectivity index (χ0n) is 30.4. The van der Waals surface area contributed by atoms with Crippen molar-refractivity contribution in [2.24, 2.45) is 5.92 Å². The molecule has 13 heteroatoms. The number of carbonyl (C=O) groups is 6. The SMILES string of the molecule is CC(C)C[C@H](NC(=O)OC(C)(C)C)C(=O)N[C@@H](CNC(=O)CCc1ccccc1)C(=O)N[C@@H](CC(=O)OC(C)(C)C)C(=O)OC(C)(C)C. The summed E-state index contributed by atoms with van der Waals surface area (Å²) in [6.45, 7) is 18.3. The Bertz CT molecular complexity index is 1250. The Morgan fingerprint density at radius 1 is 0.667 bits per heavy atom. The van der Waals surface area contributed by atoms with Gasteiger partial charge in [0.2, 0.25) is 17.7 Å². The number of ether oxygens (including phenoxy) is 3. The van der Waals surface area contributed by atoms with Crippen LogP contribution >= 0.6 is 0 Å². The quantitative estimate of drug-likeness (QED) is 0.159. The minimum absolute atomic E-state index is 0.0361. The Morgan fingerprint density at radius 2 is 1.19 bits per heavy atom. The van der Waals surface area contributed by atoms with Gasteiger partial charge < -0.3 is 35.5 Å². The average molecular weight is 677 g/mol. The molecule has 0 heterocycles. The molecule has 0 saturated heterocycles. The molecule has 0 aromatic heterocycles. The molecule has 1 aromatic rings. The lowest BCUT2D eigenvalue weighted by atomic mass is 10.0. The van der Waals surface area contributed by atoms with E-state index in [1.165, 1.54) is 0 Å². The molecule has 0 aliphatic heterocycles. The third-order valence-corrected chi connectivity index (χ3v) is 6.13. The minimum Gasteiger partial charge on any atom is -0.460 e. The van der Waals surface area contributed by atoms with Gasteiger partial charge in [0.1, 0.15) is 34.9 Å². The number of carbonyl (C=O) groups excluding carboxylic acids is 6. The zero-order valence-corrected chi connectivity index (χ0v) is 30.4. The van der Waals surface area contributed by atoms with E-state index in [1.807, 2.05) is 44.2 Å². The van der Waals surface area contributed by atoms with Crippen LogP contribution in [0.4, 0.5) is 4.79 Å². The first kappa shape index (κ1) is 41.9. The van der Waals surface area contributed by atoms with Crippen molar-refractivity contribution < 1.29 is 43.0 Å². The number of aryl methyl sites for hydroxylation is 1. The van der Waals surface area contributed by atoms with Crippen LogP contribution in [0.2, 0.25) is 0 Å². The lowest BCUT2D eigenvalue weighted by Crippen LogP contribution is -2.59. The fraction of sp³-hybridized carbons (Fsp3) is 0.657. The molecule has 13 nitrogen and oxygen atoms in total. The maximum Gasteiger partial charge on any atom is 0.408 e. The highest BCUT2D eigenvalue weighted by molar-refractivity contribution is 5.94. The van der Waals surface area contributed by atoms with Crippen molar-refractivity contribution in [1.82, 2.24) is 21.3 Å². The zero-order chi connectivity index (χ0) is 36.9. The first-order chi connectivity index (χ1) is 21.9. The highest BCUT2D eigenvalue weighted by Gasteiger charge is 2.34. The number of esters is 2. The molecular weight excluding hydrogens is 620 g/mol. The number of hydrogen-bond acceptors (Lipinski definition) is 9. The summed E-state index contributed by atoms with van der Waals surface area (Å²) in [4.78, 5) is 78.5. The Balaban J connectivity index is 3.28. The molecule has 0 aliphatic rings. The summed E-state index contributed by atoms with van der Waals surface area (Å²) in [6.07, 6.45) is -0.592. The van der Waals surface area contributed by atoms with E-state index in [2.05, 4.69) is 21.3 Å². The second-order valence-corrected chi connectivity index (χ2v) is 15.1. The molecule has 0 saturated carbocycles. The van der Waals surface area contributed by atoms with Crippen molar-refractivity contribution in [3.63, 3.8) is 0 Å². The molecule has 1 aromatic carbocycles. The van der Waals surface area contributed by atoms with E-state index in [0.717, 1.165) is 5.56 Å². The van der Waals surface area contributed by atoms with Gasteiger partial charge in [0.05, 0.1) is 6.42 Å². The van der Waals surface area contributed by atoms with E-state index in [9.17, 15) is 28.8 Å². The Labute approximate surface area is 285 Å².